The number of amides is 1. The van der Waals surface area contributed by atoms with Crippen LogP contribution in [0.1, 0.15) is 51.6 Å². The van der Waals surface area contributed by atoms with E-state index in [9.17, 15) is 13.2 Å². The minimum absolute atomic E-state index is 0.207. The van der Waals surface area contributed by atoms with Crippen LogP contribution in [-0.4, -0.2) is 39.3 Å². The van der Waals surface area contributed by atoms with Gasteiger partial charge in [0, 0.05) is 17.0 Å². The van der Waals surface area contributed by atoms with E-state index in [1.807, 2.05) is 24.3 Å². The maximum atomic E-state index is 13.4. The van der Waals surface area contributed by atoms with Crippen molar-refractivity contribution in [2.24, 2.45) is 0 Å². The zero-order chi connectivity index (χ0) is 24.4. The Hall–Kier alpha value is -2.45. The number of ether oxygens (including phenoxy) is 2. The quantitative estimate of drug-likeness (QED) is 0.574. The number of methoxy groups -OCH3 is 1. The van der Waals surface area contributed by atoms with Crippen LogP contribution in [0.5, 0.6) is 11.5 Å². The number of benzene rings is 2. The Balaban J connectivity index is 1.96. The van der Waals surface area contributed by atoms with Crippen LogP contribution in [-0.2, 0) is 14.8 Å². The average molecular weight is 495 g/mol. The van der Waals surface area contributed by atoms with Gasteiger partial charge in [-0.3, -0.25) is 9.10 Å². The van der Waals surface area contributed by atoms with Gasteiger partial charge in [0.15, 0.2) is 0 Å². The smallest absolute Gasteiger partial charge is 0.244 e. The van der Waals surface area contributed by atoms with E-state index < -0.39 is 27.6 Å². The molecule has 0 spiro atoms. The SMILES string of the molecule is CCC1(CC)C[C@H](NC(=O)[C@H](C)N(c2cc(Cl)ccc2OC)S(C)(=O)=O)c2ccccc2O1. The van der Waals surface area contributed by atoms with Crippen LogP contribution in [0.3, 0.4) is 0 Å². The molecule has 0 saturated heterocycles. The van der Waals surface area contributed by atoms with Crippen molar-refractivity contribution in [1.29, 1.82) is 0 Å². The third-order valence-electron chi connectivity index (χ3n) is 6.27. The number of nitrogens with zero attached hydrogens (tertiary/aromatic N) is 1. The highest BCUT2D eigenvalue weighted by Crippen LogP contribution is 2.43. The molecule has 0 radical (unpaired) electrons. The summed E-state index contributed by atoms with van der Waals surface area (Å²) < 4.78 is 38.3. The maximum absolute atomic E-state index is 13.4. The Morgan fingerprint density at radius 2 is 1.94 bits per heavy atom. The molecule has 33 heavy (non-hydrogen) atoms. The van der Waals surface area contributed by atoms with Gasteiger partial charge in [-0.15, -0.1) is 0 Å². The van der Waals surface area contributed by atoms with Gasteiger partial charge in [-0.2, -0.15) is 0 Å². The number of nitrogens with one attached hydrogen (secondary N) is 1. The van der Waals surface area contributed by atoms with Crippen molar-refractivity contribution in [1.82, 2.24) is 5.32 Å². The van der Waals surface area contributed by atoms with E-state index in [0.717, 1.165) is 34.7 Å². The first-order valence-corrected chi connectivity index (χ1v) is 13.2. The van der Waals surface area contributed by atoms with Gasteiger partial charge in [0.05, 0.1) is 25.1 Å². The van der Waals surface area contributed by atoms with Crippen LogP contribution in [0.4, 0.5) is 5.69 Å². The Kier molecular flexibility index (Phi) is 7.49. The van der Waals surface area contributed by atoms with Gasteiger partial charge >= 0.3 is 0 Å². The van der Waals surface area contributed by atoms with Gasteiger partial charge in [-0.05, 0) is 44.0 Å². The molecular formula is C24H31ClN2O5S. The Morgan fingerprint density at radius 1 is 1.27 bits per heavy atom. The van der Waals surface area contributed by atoms with E-state index in [1.54, 1.807) is 19.1 Å². The number of para-hydroxylation sites is 1. The molecule has 1 aliphatic rings. The second-order valence-electron chi connectivity index (χ2n) is 8.35. The van der Waals surface area contributed by atoms with Gasteiger partial charge in [0.1, 0.15) is 23.1 Å². The minimum Gasteiger partial charge on any atom is -0.495 e. The van der Waals surface area contributed by atoms with Gasteiger partial charge in [-0.25, -0.2) is 8.42 Å². The zero-order valence-corrected chi connectivity index (χ0v) is 21.2. The summed E-state index contributed by atoms with van der Waals surface area (Å²) in [6, 6.07) is 10.9. The molecule has 9 heteroatoms. The minimum atomic E-state index is -3.84. The lowest BCUT2D eigenvalue weighted by atomic mass is 9.83. The van der Waals surface area contributed by atoms with Crippen LogP contribution in [0.15, 0.2) is 42.5 Å². The van der Waals surface area contributed by atoms with Crippen molar-refractivity contribution in [2.45, 2.75) is 57.7 Å². The van der Waals surface area contributed by atoms with Crippen LogP contribution in [0.2, 0.25) is 5.02 Å². The lowest BCUT2D eigenvalue weighted by molar-refractivity contribution is -0.123. The second-order valence-corrected chi connectivity index (χ2v) is 10.6. The molecule has 0 saturated carbocycles. The van der Waals surface area contributed by atoms with Gasteiger partial charge in [0.25, 0.3) is 0 Å². The molecule has 0 bridgehead atoms. The second kappa shape index (κ2) is 9.81. The molecule has 180 valence electrons. The van der Waals surface area contributed by atoms with Crippen molar-refractivity contribution in [3.63, 3.8) is 0 Å². The predicted octanol–water partition coefficient (Wildman–Crippen LogP) is 4.70. The molecule has 0 aromatic heterocycles. The highest BCUT2D eigenvalue weighted by molar-refractivity contribution is 7.92. The van der Waals surface area contributed by atoms with Crippen molar-refractivity contribution in [2.75, 3.05) is 17.7 Å². The summed E-state index contributed by atoms with van der Waals surface area (Å²) in [5, 5.41) is 3.41. The molecule has 7 nitrogen and oxygen atoms in total. The summed E-state index contributed by atoms with van der Waals surface area (Å²) in [7, 11) is -2.40. The Bertz CT molecular complexity index is 1120. The summed E-state index contributed by atoms with van der Waals surface area (Å²) in [4.78, 5) is 13.4. The molecule has 0 unspecified atom stereocenters. The number of hydrogen-bond donors (Lipinski definition) is 1. The van der Waals surface area contributed by atoms with Crippen LogP contribution >= 0.6 is 11.6 Å². The van der Waals surface area contributed by atoms with E-state index in [-0.39, 0.29) is 11.7 Å². The van der Waals surface area contributed by atoms with Gasteiger partial charge < -0.3 is 14.8 Å². The normalized spacial score (nSPS) is 17.9. The van der Waals surface area contributed by atoms with Crippen molar-refractivity contribution >= 4 is 33.2 Å². The lowest BCUT2D eigenvalue weighted by Crippen LogP contribution is -2.51. The topological polar surface area (TPSA) is 84.9 Å². The molecule has 1 amide bonds. The molecule has 2 aromatic rings. The van der Waals surface area contributed by atoms with Crippen LogP contribution in [0, 0.1) is 0 Å². The summed E-state index contributed by atoms with van der Waals surface area (Å²) in [6.07, 6.45) is 3.22. The van der Waals surface area contributed by atoms with Crippen molar-refractivity contribution < 1.29 is 22.7 Å². The number of halogens is 1. The monoisotopic (exact) mass is 494 g/mol. The fourth-order valence-corrected chi connectivity index (χ4v) is 5.68. The predicted molar refractivity (Wildman–Crippen MR) is 131 cm³/mol. The molecule has 1 heterocycles. The highest BCUT2D eigenvalue weighted by Gasteiger charge is 2.40. The molecule has 1 N–H and O–H groups in total. The Labute approximate surface area is 201 Å². The third kappa shape index (κ3) is 5.22. The first-order valence-electron chi connectivity index (χ1n) is 11.0. The molecule has 2 atom stereocenters. The van der Waals surface area contributed by atoms with E-state index >= 15 is 0 Å². The van der Waals surface area contributed by atoms with E-state index in [1.165, 1.54) is 13.2 Å². The maximum Gasteiger partial charge on any atom is 0.244 e. The number of carbonyl (C=O) groups is 1. The van der Waals surface area contributed by atoms with Crippen molar-refractivity contribution in [3.8, 4) is 11.5 Å². The highest BCUT2D eigenvalue weighted by atomic mass is 35.5. The van der Waals surface area contributed by atoms with E-state index in [2.05, 4.69) is 19.2 Å². The van der Waals surface area contributed by atoms with Gasteiger partial charge in [0.2, 0.25) is 15.9 Å². The molecule has 2 aromatic carbocycles. The fraction of sp³-hybridized carbons (Fsp3) is 0.458. The number of fused-ring (bicyclic) bond motifs is 1. The number of carbonyl (C=O) groups excluding carboxylic acids is 1. The summed E-state index contributed by atoms with van der Waals surface area (Å²) in [5.74, 6) is 0.615. The number of anilines is 1. The number of hydrogen-bond acceptors (Lipinski definition) is 5. The number of rotatable bonds is 8. The molecule has 0 aliphatic carbocycles. The molecule has 0 fully saturated rings. The fourth-order valence-electron chi connectivity index (χ4n) is 4.34. The van der Waals surface area contributed by atoms with E-state index in [4.69, 9.17) is 21.1 Å². The lowest BCUT2D eigenvalue weighted by Gasteiger charge is -2.42. The van der Waals surface area contributed by atoms with Crippen molar-refractivity contribution in [3.05, 3.63) is 53.1 Å². The first kappa shape index (κ1) is 25.2. The molecule has 3 rings (SSSR count). The van der Waals surface area contributed by atoms with E-state index in [0.29, 0.717) is 17.2 Å². The molecular weight excluding hydrogens is 464 g/mol. The zero-order valence-electron chi connectivity index (χ0n) is 19.6. The first-order chi connectivity index (χ1) is 15.5. The van der Waals surface area contributed by atoms with Crippen LogP contribution in [0.25, 0.3) is 0 Å². The average Bonchev–Trinajstić information content (AvgIpc) is 2.78. The summed E-state index contributed by atoms with van der Waals surface area (Å²) in [5.41, 5.74) is 0.684. The third-order valence-corrected chi connectivity index (χ3v) is 7.73. The Morgan fingerprint density at radius 3 is 2.55 bits per heavy atom. The molecule has 1 aliphatic heterocycles. The standard InChI is InChI=1S/C24H31ClN2O5S/c1-6-24(7-2)15-19(18-10-8-9-11-21(18)32-24)26-23(28)16(3)27(33(5,29)30)20-14-17(25)12-13-22(20)31-4/h8-14,16,19H,6-7,15H2,1-5H3,(H,26,28)/t16-,19-/m0/s1. The number of sulfonamides is 1. The summed E-state index contributed by atoms with van der Waals surface area (Å²) >= 11 is 6.14. The van der Waals surface area contributed by atoms with Crippen LogP contribution < -0.4 is 19.1 Å². The summed E-state index contributed by atoms with van der Waals surface area (Å²) in [6.45, 7) is 5.68. The van der Waals surface area contributed by atoms with Gasteiger partial charge in [-0.1, -0.05) is 43.6 Å². The largest absolute Gasteiger partial charge is 0.495 e.